The summed E-state index contributed by atoms with van der Waals surface area (Å²) in [7, 11) is 0. The Balaban J connectivity index is 1.68. The van der Waals surface area contributed by atoms with Crippen LogP contribution in [0.1, 0.15) is 35.4 Å². The number of aliphatic imine (C=N–C) groups is 1. The minimum absolute atomic E-state index is 0.306. The van der Waals surface area contributed by atoms with Gasteiger partial charge in [0, 0.05) is 30.1 Å². The molecule has 2 aromatic carbocycles. The first kappa shape index (κ1) is 22.3. The predicted molar refractivity (Wildman–Crippen MR) is 120 cm³/mol. The van der Waals surface area contributed by atoms with E-state index in [2.05, 4.69) is 16.9 Å². The van der Waals surface area contributed by atoms with Gasteiger partial charge in [0.05, 0.1) is 19.8 Å². The molecule has 0 spiro atoms. The molecule has 0 aliphatic carbocycles. The van der Waals surface area contributed by atoms with E-state index in [-0.39, 0.29) is 18.3 Å². The molecule has 168 valence electrons. The van der Waals surface area contributed by atoms with Gasteiger partial charge in [-0.25, -0.2) is 4.39 Å². The molecule has 4 rings (SSSR count). The summed E-state index contributed by atoms with van der Waals surface area (Å²) in [6, 6.07) is 14.4. The fraction of sp³-hybridized carbons (Fsp3) is 0.333. The van der Waals surface area contributed by atoms with Crippen molar-refractivity contribution in [2.24, 2.45) is 10.7 Å². The van der Waals surface area contributed by atoms with Crippen molar-refractivity contribution in [3.63, 3.8) is 0 Å². The van der Waals surface area contributed by atoms with Crippen molar-refractivity contribution in [2.45, 2.75) is 25.2 Å². The van der Waals surface area contributed by atoms with E-state index in [1.54, 1.807) is 6.07 Å². The molecule has 7 nitrogen and oxygen atoms in total. The summed E-state index contributed by atoms with van der Waals surface area (Å²) in [6.45, 7) is 7.29. The zero-order chi connectivity index (χ0) is 22.7. The molecule has 1 aromatic heterocycles. The second-order valence-corrected chi connectivity index (χ2v) is 7.84. The van der Waals surface area contributed by atoms with Gasteiger partial charge in [0.1, 0.15) is 17.3 Å². The molecular weight excluding hydrogens is 411 g/mol. The third-order valence-corrected chi connectivity index (χ3v) is 6.03. The summed E-state index contributed by atoms with van der Waals surface area (Å²) in [5, 5.41) is 14.3. The third-order valence-electron chi connectivity index (χ3n) is 6.03. The predicted octanol–water partition coefficient (Wildman–Crippen LogP) is 3.23. The number of rotatable bonds is 7. The van der Waals surface area contributed by atoms with Crippen molar-refractivity contribution in [3.05, 3.63) is 76.9 Å². The van der Waals surface area contributed by atoms with Gasteiger partial charge in [-0.3, -0.25) is 15.6 Å². The summed E-state index contributed by atoms with van der Waals surface area (Å²) in [5.41, 5.74) is 9.34. The summed E-state index contributed by atoms with van der Waals surface area (Å²) >= 11 is 0. The van der Waals surface area contributed by atoms with Gasteiger partial charge in [0.15, 0.2) is 0 Å². The molecule has 1 aliphatic rings. The number of hydrogen-bond donors (Lipinski definition) is 2. The van der Waals surface area contributed by atoms with E-state index >= 15 is 0 Å². The fourth-order valence-corrected chi connectivity index (χ4v) is 4.14. The minimum atomic E-state index is -1.36. The van der Waals surface area contributed by atoms with Gasteiger partial charge in [-0.05, 0) is 23.9 Å². The number of hydrogen-bond acceptors (Lipinski definition) is 7. The summed E-state index contributed by atoms with van der Waals surface area (Å²) in [4.78, 5) is 6.02. The van der Waals surface area contributed by atoms with Crippen LogP contribution in [-0.2, 0) is 17.1 Å². The summed E-state index contributed by atoms with van der Waals surface area (Å²) in [5.74, 6) is -1.64. The third kappa shape index (κ3) is 3.98. The smallest absolute Gasteiger partial charge is 0.211 e. The monoisotopic (exact) mass is 438 g/mol. The highest BCUT2D eigenvalue weighted by Gasteiger charge is 2.41. The maximum atomic E-state index is 14.9. The molecule has 2 heterocycles. The molecular formula is C24H27FN4O3. The number of morpholine rings is 1. The molecule has 0 amide bonds. The lowest BCUT2D eigenvalue weighted by Gasteiger charge is -2.38. The van der Waals surface area contributed by atoms with Crippen molar-refractivity contribution in [3.8, 4) is 11.1 Å². The first-order valence-corrected chi connectivity index (χ1v) is 10.5. The lowest BCUT2D eigenvalue weighted by atomic mass is 9.92. The Bertz CT molecular complexity index is 1080. The number of benzene rings is 2. The quantitative estimate of drug-likeness (QED) is 0.550. The van der Waals surface area contributed by atoms with E-state index in [9.17, 15) is 9.50 Å². The zero-order valence-corrected chi connectivity index (χ0v) is 18.0. The van der Waals surface area contributed by atoms with Crippen molar-refractivity contribution in [1.29, 1.82) is 0 Å². The van der Waals surface area contributed by atoms with Gasteiger partial charge in [-0.1, -0.05) is 54.5 Å². The van der Waals surface area contributed by atoms with E-state index in [1.165, 1.54) is 6.07 Å². The number of aromatic nitrogens is 1. The molecule has 3 aromatic rings. The zero-order valence-electron chi connectivity index (χ0n) is 18.0. The van der Waals surface area contributed by atoms with Crippen LogP contribution in [0.25, 0.3) is 11.1 Å². The SMILES string of the molecule is C=NC(N)(c1noc(C(C)c2ccc(-c3ccccc3)c(F)c2)c1CO)N1CCOCC1. The lowest BCUT2D eigenvalue weighted by molar-refractivity contribution is -0.0227. The molecule has 1 aliphatic heterocycles. The first-order valence-electron chi connectivity index (χ1n) is 10.5. The van der Waals surface area contributed by atoms with Gasteiger partial charge in [-0.15, -0.1) is 0 Å². The van der Waals surface area contributed by atoms with Gasteiger partial charge >= 0.3 is 0 Å². The number of aliphatic hydroxyl groups excluding tert-OH is 1. The number of halogens is 1. The van der Waals surface area contributed by atoms with Crippen LogP contribution >= 0.6 is 0 Å². The highest BCUT2D eigenvalue weighted by atomic mass is 19.1. The van der Waals surface area contributed by atoms with E-state index in [0.29, 0.717) is 54.4 Å². The summed E-state index contributed by atoms with van der Waals surface area (Å²) in [6.07, 6.45) is 0. The minimum Gasteiger partial charge on any atom is -0.391 e. The highest BCUT2D eigenvalue weighted by molar-refractivity contribution is 5.64. The van der Waals surface area contributed by atoms with E-state index in [4.69, 9.17) is 15.0 Å². The largest absolute Gasteiger partial charge is 0.391 e. The summed E-state index contributed by atoms with van der Waals surface area (Å²) < 4.78 is 26.0. The van der Waals surface area contributed by atoms with Gasteiger partial charge in [0.25, 0.3) is 0 Å². The average molecular weight is 439 g/mol. The topological polar surface area (TPSA) is 97.1 Å². The molecule has 2 atom stereocenters. The van der Waals surface area contributed by atoms with Gasteiger partial charge in [0.2, 0.25) is 5.79 Å². The fourth-order valence-electron chi connectivity index (χ4n) is 4.14. The van der Waals surface area contributed by atoms with Crippen molar-refractivity contribution in [1.82, 2.24) is 10.1 Å². The molecule has 8 heteroatoms. The van der Waals surface area contributed by atoms with Crippen LogP contribution in [0.15, 0.2) is 58.0 Å². The maximum Gasteiger partial charge on any atom is 0.211 e. The van der Waals surface area contributed by atoms with Crippen LogP contribution in [0.3, 0.4) is 0 Å². The van der Waals surface area contributed by atoms with Crippen molar-refractivity contribution < 1.29 is 18.8 Å². The van der Waals surface area contributed by atoms with E-state index < -0.39 is 5.79 Å². The number of nitrogens with zero attached hydrogens (tertiary/aromatic N) is 3. The molecule has 3 N–H and O–H groups in total. The highest BCUT2D eigenvalue weighted by Crippen LogP contribution is 2.36. The Hall–Kier alpha value is -2.91. The van der Waals surface area contributed by atoms with Crippen molar-refractivity contribution >= 4 is 6.72 Å². The molecule has 32 heavy (non-hydrogen) atoms. The first-order chi connectivity index (χ1) is 15.5. The normalized spacial score (nSPS) is 17.6. The van der Waals surface area contributed by atoms with Gasteiger partial charge in [-0.2, -0.15) is 0 Å². The second-order valence-electron chi connectivity index (χ2n) is 7.84. The second kappa shape index (κ2) is 9.30. The molecule has 0 radical (unpaired) electrons. The van der Waals surface area contributed by atoms with Crippen LogP contribution in [0, 0.1) is 5.82 Å². The molecule has 0 bridgehead atoms. The van der Waals surface area contributed by atoms with Crippen LogP contribution in [0.5, 0.6) is 0 Å². The Morgan fingerprint density at radius 3 is 2.59 bits per heavy atom. The Morgan fingerprint density at radius 2 is 1.97 bits per heavy atom. The Labute approximate surface area is 186 Å². The van der Waals surface area contributed by atoms with Crippen LogP contribution in [0.4, 0.5) is 4.39 Å². The molecule has 0 saturated carbocycles. The number of ether oxygens (including phenoxy) is 1. The van der Waals surface area contributed by atoms with E-state index in [0.717, 1.165) is 5.56 Å². The standard InChI is InChI=1S/C24H27FN4O3/c1-16(18-8-9-19(21(25)14-18)17-6-4-3-5-7-17)22-20(15-30)23(28-32-22)24(26,27-2)29-10-12-31-13-11-29/h3-9,14,16,30H,2,10-13,15,26H2,1H3. The van der Waals surface area contributed by atoms with Crippen molar-refractivity contribution in [2.75, 3.05) is 26.3 Å². The molecule has 1 fully saturated rings. The van der Waals surface area contributed by atoms with Gasteiger partial charge < -0.3 is 14.4 Å². The Kier molecular flexibility index (Phi) is 6.48. The average Bonchev–Trinajstić information content (AvgIpc) is 3.29. The molecule has 2 unspecified atom stereocenters. The van der Waals surface area contributed by atoms with Crippen LogP contribution in [0.2, 0.25) is 0 Å². The number of nitrogens with two attached hydrogens (primary N) is 1. The number of aliphatic hydroxyl groups is 1. The molecule has 1 saturated heterocycles. The lowest BCUT2D eigenvalue weighted by Crippen LogP contribution is -2.56. The van der Waals surface area contributed by atoms with Crippen LogP contribution < -0.4 is 5.73 Å². The Morgan fingerprint density at radius 1 is 1.25 bits per heavy atom. The van der Waals surface area contributed by atoms with Crippen LogP contribution in [-0.4, -0.2) is 48.2 Å². The van der Waals surface area contributed by atoms with E-state index in [1.807, 2.05) is 48.2 Å². The maximum absolute atomic E-state index is 14.9.